The molecule has 3 nitrogen and oxygen atoms in total. The monoisotopic (exact) mass is 241 g/mol. The van der Waals surface area contributed by atoms with Crippen molar-refractivity contribution in [1.29, 1.82) is 0 Å². The molecule has 90 valence electrons. The van der Waals surface area contributed by atoms with E-state index >= 15 is 0 Å². The van der Waals surface area contributed by atoms with Crippen LogP contribution in [0.5, 0.6) is 0 Å². The molecule has 4 heteroatoms. The molecule has 0 fully saturated rings. The molecule has 16 heavy (non-hydrogen) atoms. The van der Waals surface area contributed by atoms with E-state index in [9.17, 15) is 9.90 Å². The molecule has 1 rings (SSSR count). The number of carboxylic acids is 1. The number of carbonyl (C=O) groups is 1. The van der Waals surface area contributed by atoms with Crippen LogP contribution in [0.25, 0.3) is 0 Å². The number of carboxylic acid groups (broad SMARTS) is 1. The maximum absolute atomic E-state index is 11.3. The molecule has 0 saturated heterocycles. The van der Waals surface area contributed by atoms with Gasteiger partial charge in [-0.2, -0.15) is 11.3 Å². The van der Waals surface area contributed by atoms with Gasteiger partial charge in [0.25, 0.3) is 0 Å². The van der Waals surface area contributed by atoms with E-state index in [1.807, 2.05) is 17.2 Å². The fourth-order valence-corrected chi connectivity index (χ4v) is 2.72. The predicted molar refractivity (Wildman–Crippen MR) is 66.8 cm³/mol. The van der Waals surface area contributed by atoms with Crippen LogP contribution in [-0.2, 0) is 4.79 Å². The Morgan fingerprint density at radius 1 is 1.62 bits per heavy atom. The highest BCUT2D eigenvalue weighted by molar-refractivity contribution is 7.07. The maximum atomic E-state index is 11.3. The van der Waals surface area contributed by atoms with Crippen molar-refractivity contribution in [3.63, 3.8) is 0 Å². The lowest BCUT2D eigenvalue weighted by atomic mass is 9.98. The quantitative estimate of drug-likeness (QED) is 0.861. The van der Waals surface area contributed by atoms with Gasteiger partial charge in [-0.3, -0.25) is 9.69 Å². The zero-order chi connectivity index (χ0) is 12.3. The Hall–Kier alpha value is -0.870. The summed E-state index contributed by atoms with van der Waals surface area (Å²) < 4.78 is 0. The first-order chi connectivity index (χ1) is 7.41. The Bertz CT molecular complexity index is 346. The lowest BCUT2D eigenvalue weighted by molar-refractivity contribution is -0.150. The van der Waals surface area contributed by atoms with Gasteiger partial charge in [-0.25, -0.2) is 0 Å². The number of aliphatic carboxylic acids is 1. The van der Waals surface area contributed by atoms with Gasteiger partial charge < -0.3 is 5.11 Å². The number of hydrogen-bond acceptors (Lipinski definition) is 3. The third-order valence-corrected chi connectivity index (χ3v) is 3.78. The number of likely N-dealkylation sites (N-methyl/N-ethyl adjacent to an activating group) is 1. The molecule has 0 amide bonds. The van der Waals surface area contributed by atoms with Crippen LogP contribution >= 0.6 is 11.3 Å². The van der Waals surface area contributed by atoms with Gasteiger partial charge in [-0.05, 0) is 49.7 Å². The van der Waals surface area contributed by atoms with Crippen molar-refractivity contribution in [2.24, 2.45) is 0 Å². The van der Waals surface area contributed by atoms with Gasteiger partial charge >= 0.3 is 5.97 Å². The second-order valence-electron chi connectivity index (χ2n) is 4.38. The van der Waals surface area contributed by atoms with Crippen molar-refractivity contribution in [2.45, 2.75) is 39.3 Å². The minimum absolute atomic E-state index is 0.127. The molecule has 1 unspecified atom stereocenters. The van der Waals surface area contributed by atoms with Gasteiger partial charge in [0.15, 0.2) is 0 Å². The van der Waals surface area contributed by atoms with E-state index in [1.54, 1.807) is 25.2 Å². The molecule has 0 aromatic carbocycles. The zero-order valence-corrected chi connectivity index (χ0v) is 11.0. The highest BCUT2D eigenvalue weighted by Crippen LogP contribution is 2.29. The van der Waals surface area contributed by atoms with Crippen molar-refractivity contribution in [2.75, 3.05) is 6.54 Å². The van der Waals surface area contributed by atoms with Gasteiger partial charge in [0.05, 0.1) is 0 Å². The van der Waals surface area contributed by atoms with Crippen LogP contribution in [0.2, 0.25) is 0 Å². The van der Waals surface area contributed by atoms with Crippen LogP contribution in [0.4, 0.5) is 0 Å². The van der Waals surface area contributed by atoms with E-state index in [-0.39, 0.29) is 6.04 Å². The van der Waals surface area contributed by atoms with E-state index in [4.69, 9.17) is 0 Å². The topological polar surface area (TPSA) is 40.5 Å². The van der Waals surface area contributed by atoms with E-state index in [2.05, 4.69) is 18.4 Å². The lowest BCUT2D eigenvalue weighted by Crippen LogP contribution is -2.50. The van der Waals surface area contributed by atoms with Gasteiger partial charge in [-0.1, -0.05) is 6.92 Å². The normalized spacial score (nSPS) is 14.1. The first kappa shape index (κ1) is 13.2. The second kappa shape index (κ2) is 4.97. The summed E-state index contributed by atoms with van der Waals surface area (Å²) in [5.41, 5.74) is 0.344. The summed E-state index contributed by atoms with van der Waals surface area (Å²) in [6.07, 6.45) is 0. The minimum atomic E-state index is -0.837. The summed E-state index contributed by atoms with van der Waals surface area (Å²) in [5.74, 6) is -0.781. The van der Waals surface area contributed by atoms with Crippen molar-refractivity contribution in [3.05, 3.63) is 22.4 Å². The molecular weight excluding hydrogens is 222 g/mol. The lowest BCUT2D eigenvalue weighted by Gasteiger charge is -2.38. The Labute approximate surface area is 101 Å². The molecular formula is C12H19NO2S. The summed E-state index contributed by atoms with van der Waals surface area (Å²) >= 11 is 1.64. The summed E-state index contributed by atoms with van der Waals surface area (Å²) in [4.78, 5) is 13.3. The molecule has 1 atom stereocenters. The van der Waals surface area contributed by atoms with E-state index in [0.717, 1.165) is 6.54 Å². The molecule has 0 aliphatic heterocycles. The van der Waals surface area contributed by atoms with Crippen molar-refractivity contribution >= 4 is 17.3 Å². The van der Waals surface area contributed by atoms with Gasteiger partial charge in [0.2, 0.25) is 0 Å². The van der Waals surface area contributed by atoms with Crippen molar-refractivity contribution in [3.8, 4) is 0 Å². The second-order valence-corrected chi connectivity index (χ2v) is 5.16. The molecule has 0 saturated carbocycles. The SMILES string of the molecule is CCN(C(C)c1ccsc1)C(C)(C)C(=O)O. The highest BCUT2D eigenvalue weighted by atomic mass is 32.1. The summed E-state index contributed by atoms with van der Waals surface area (Å²) in [6, 6.07) is 2.18. The fourth-order valence-electron chi connectivity index (χ4n) is 1.97. The van der Waals surface area contributed by atoms with Crippen LogP contribution < -0.4 is 0 Å². The first-order valence-electron chi connectivity index (χ1n) is 5.43. The number of rotatable bonds is 5. The first-order valence-corrected chi connectivity index (χ1v) is 6.37. The molecule has 0 radical (unpaired) electrons. The Morgan fingerprint density at radius 3 is 2.62 bits per heavy atom. The Morgan fingerprint density at radius 2 is 2.25 bits per heavy atom. The summed E-state index contributed by atoms with van der Waals surface area (Å²) in [7, 11) is 0. The molecule has 0 aliphatic rings. The Balaban J connectivity index is 2.95. The minimum Gasteiger partial charge on any atom is -0.480 e. The van der Waals surface area contributed by atoms with E-state index < -0.39 is 11.5 Å². The molecule has 0 spiro atoms. The maximum Gasteiger partial charge on any atom is 0.323 e. The largest absolute Gasteiger partial charge is 0.480 e. The third-order valence-electron chi connectivity index (χ3n) is 3.08. The fraction of sp³-hybridized carbons (Fsp3) is 0.583. The van der Waals surface area contributed by atoms with Crippen LogP contribution in [-0.4, -0.2) is 28.1 Å². The van der Waals surface area contributed by atoms with Crippen LogP contribution in [0.1, 0.15) is 39.3 Å². The van der Waals surface area contributed by atoms with Crippen LogP contribution in [0.3, 0.4) is 0 Å². The number of nitrogens with zero attached hydrogens (tertiary/aromatic N) is 1. The van der Waals surface area contributed by atoms with E-state index in [1.165, 1.54) is 5.56 Å². The smallest absolute Gasteiger partial charge is 0.323 e. The van der Waals surface area contributed by atoms with Gasteiger partial charge in [0, 0.05) is 6.04 Å². The standard InChI is InChI=1S/C12H19NO2S/c1-5-13(12(3,4)11(14)15)9(2)10-6-7-16-8-10/h6-9H,5H2,1-4H3,(H,14,15). The van der Waals surface area contributed by atoms with Crippen LogP contribution in [0.15, 0.2) is 16.8 Å². The number of hydrogen-bond donors (Lipinski definition) is 1. The molecule has 1 N–H and O–H groups in total. The van der Waals surface area contributed by atoms with Crippen molar-refractivity contribution < 1.29 is 9.90 Å². The highest BCUT2D eigenvalue weighted by Gasteiger charge is 2.36. The summed E-state index contributed by atoms with van der Waals surface area (Å²) in [6.45, 7) is 8.27. The third kappa shape index (κ3) is 2.44. The average molecular weight is 241 g/mol. The molecule has 1 aromatic heterocycles. The molecule has 1 heterocycles. The molecule has 0 aliphatic carbocycles. The zero-order valence-electron chi connectivity index (χ0n) is 10.2. The van der Waals surface area contributed by atoms with Gasteiger partial charge in [-0.15, -0.1) is 0 Å². The van der Waals surface area contributed by atoms with Gasteiger partial charge in [0.1, 0.15) is 5.54 Å². The molecule has 1 aromatic rings. The number of thiophene rings is 1. The van der Waals surface area contributed by atoms with E-state index in [0.29, 0.717) is 0 Å². The summed E-state index contributed by atoms with van der Waals surface area (Å²) in [5, 5.41) is 13.3. The van der Waals surface area contributed by atoms with Crippen molar-refractivity contribution in [1.82, 2.24) is 4.90 Å². The molecule has 0 bridgehead atoms. The predicted octanol–water partition coefficient (Wildman–Crippen LogP) is 2.99. The van der Waals surface area contributed by atoms with Crippen LogP contribution in [0, 0.1) is 0 Å². The Kier molecular flexibility index (Phi) is 4.10. The average Bonchev–Trinajstić information content (AvgIpc) is 2.70.